The maximum Gasteiger partial charge on any atom is 0.199 e. The molecule has 0 spiro atoms. The highest BCUT2D eigenvalue weighted by atomic mass is 32.2. The summed E-state index contributed by atoms with van der Waals surface area (Å²) in [5, 5.41) is 2.98. The van der Waals surface area contributed by atoms with Gasteiger partial charge < -0.3 is 5.32 Å². The Morgan fingerprint density at radius 2 is 1.48 bits per heavy atom. The fourth-order valence-electron chi connectivity index (χ4n) is 3.12. The molecule has 5 nitrogen and oxygen atoms in total. The Hall–Kier alpha value is -2.99. The molecule has 0 atom stereocenters. The van der Waals surface area contributed by atoms with Crippen molar-refractivity contribution in [2.24, 2.45) is 0 Å². The van der Waals surface area contributed by atoms with Crippen LogP contribution in [0.1, 0.15) is 26.3 Å². The molecule has 0 unspecified atom stereocenters. The molecule has 4 rings (SSSR count). The maximum absolute atomic E-state index is 12.6. The van der Waals surface area contributed by atoms with Crippen LogP contribution in [-0.2, 0) is 9.84 Å². The molecule has 124 valence electrons. The van der Waals surface area contributed by atoms with E-state index in [-0.39, 0.29) is 22.0 Å². The van der Waals surface area contributed by atoms with Crippen LogP contribution in [-0.4, -0.2) is 26.2 Å². The fraction of sp³-hybridized carbons (Fsp3) is 0.0526. The molecular weight excluding hydrogens is 338 g/mol. The minimum Gasteiger partial charge on any atom is -0.353 e. The van der Waals surface area contributed by atoms with Gasteiger partial charge in [-0.05, 0) is 17.7 Å². The molecule has 1 heterocycles. The number of allylic oxidation sites excluding steroid dienone is 2. The number of benzene rings is 2. The van der Waals surface area contributed by atoms with Gasteiger partial charge in [-0.15, -0.1) is 0 Å². The first-order valence-corrected chi connectivity index (χ1v) is 9.48. The van der Waals surface area contributed by atoms with Crippen molar-refractivity contribution in [3.05, 3.63) is 76.5 Å². The number of anilines is 1. The first-order chi connectivity index (χ1) is 11.9. The summed E-state index contributed by atoms with van der Waals surface area (Å²) < 4.78 is 24.1. The van der Waals surface area contributed by atoms with Gasteiger partial charge in [-0.25, -0.2) is 8.42 Å². The molecule has 6 heteroatoms. The zero-order valence-corrected chi connectivity index (χ0v) is 14.1. The highest BCUT2D eigenvalue weighted by molar-refractivity contribution is 7.90. The number of hydrogen-bond donors (Lipinski definition) is 1. The second-order valence-corrected chi connectivity index (χ2v) is 7.93. The Morgan fingerprint density at radius 3 is 2.08 bits per heavy atom. The van der Waals surface area contributed by atoms with Crippen LogP contribution in [0.5, 0.6) is 0 Å². The van der Waals surface area contributed by atoms with Crippen LogP contribution < -0.4 is 5.32 Å². The number of rotatable bonds is 1. The SMILES string of the molecule is CS(=O)(=O)c1cccc2c1NC(=C1C(=O)c3ccccc3C1=O)C=C2. The van der Waals surface area contributed by atoms with Gasteiger partial charge in [0.05, 0.1) is 21.9 Å². The lowest BCUT2D eigenvalue weighted by molar-refractivity contribution is 0.0987. The van der Waals surface area contributed by atoms with Crippen molar-refractivity contribution < 1.29 is 18.0 Å². The van der Waals surface area contributed by atoms with Crippen LogP contribution in [0.4, 0.5) is 5.69 Å². The smallest absolute Gasteiger partial charge is 0.199 e. The number of fused-ring (bicyclic) bond motifs is 2. The lowest BCUT2D eigenvalue weighted by Gasteiger charge is -2.19. The van der Waals surface area contributed by atoms with Crippen molar-refractivity contribution in [3.63, 3.8) is 0 Å². The summed E-state index contributed by atoms with van der Waals surface area (Å²) in [7, 11) is -3.46. The molecule has 2 aromatic carbocycles. The van der Waals surface area contributed by atoms with Gasteiger partial charge in [0.1, 0.15) is 0 Å². The van der Waals surface area contributed by atoms with E-state index in [4.69, 9.17) is 0 Å². The van der Waals surface area contributed by atoms with E-state index in [0.717, 1.165) is 6.26 Å². The van der Waals surface area contributed by atoms with Crippen molar-refractivity contribution in [1.29, 1.82) is 0 Å². The Bertz CT molecular complexity index is 1090. The third-order valence-electron chi connectivity index (χ3n) is 4.29. The van der Waals surface area contributed by atoms with Crippen LogP contribution in [0.2, 0.25) is 0 Å². The van der Waals surface area contributed by atoms with E-state index in [2.05, 4.69) is 5.32 Å². The molecule has 0 fully saturated rings. The monoisotopic (exact) mass is 351 g/mol. The van der Waals surface area contributed by atoms with Crippen LogP contribution in [0.15, 0.2) is 64.7 Å². The average Bonchev–Trinajstić information content (AvgIpc) is 2.84. The largest absolute Gasteiger partial charge is 0.353 e. The zero-order valence-electron chi connectivity index (χ0n) is 13.2. The van der Waals surface area contributed by atoms with Gasteiger partial charge in [-0.2, -0.15) is 0 Å². The van der Waals surface area contributed by atoms with Crippen molar-refractivity contribution in [2.45, 2.75) is 4.90 Å². The number of sulfone groups is 1. The molecule has 25 heavy (non-hydrogen) atoms. The van der Waals surface area contributed by atoms with E-state index in [1.165, 1.54) is 6.07 Å². The van der Waals surface area contributed by atoms with Gasteiger partial charge in [-0.1, -0.05) is 42.5 Å². The summed E-state index contributed by atoms with van der Waals surface area (Å²) in [6, 6.07) is 11.6. The molecule has 0 saturated heterocycles. The lowest BCUT2D eigenvalue weighted by atomic mass is 10.0. The highest BCUT2D eigenvalue weighted by Crippen LogP contribution is 2.35. The summed E-state index contributed by atoms with van der Waals surface area (Å²) in [5.41, 5.74) is 2.15. The standard InChI is InChI=1S/C19H13NO4S/c1-25(23,24)15-8-4-5-11-9-10-14(20-17(11)15)16-18(21)12-6-2-3-7-13(12)19(16)22/h2-10,20H,1H3. The van der Waals surface area contributed by atoms with Gasteiger partial charge in [-0.3, -0.25) is 9.59 Å². The van der Waals surface area contributed by atoms with Crippen LogP contribution in [0.3, 0.4) is 0 Å². The third-order valence-corrected chi connectivity index (χ3v) is 5.43. The van der Waals surface area contributed by atoms with E-state index in [1.807, 2.05) is 0 Å². The van der Waals surface area contributed by atoms with E-state index in [9.17, 15) is 18.0 Å². The van der Waals surface area contributed by atoms with E-state index >= 15 is 0 Å². The average molecular weight is 351 g/mol. The van der Waals surface area contributed by atoms with Crippen molar-refractivity contribution in [2.75, 3.05) is 11.6 Å². The van der Waals surface area contributed by atoms with Crippen LogP contribution in [0.25, 0.3) is 6.08 Å². The summed E-state index contributed by atoms with van der Waals surface area (Å²) in [4.78, 5) is 25.4. The number of carbonyl (C=O) groups excluding carboxylic acids is 2. The minimum absolute atomic E-state index is 0.0337. The lowest BCUT2D eigenvalue weighted by Crippen LogP contribution is -2.15. The first-order valence-electron chi connectivity index (χ1n) is 7.59. The van der Waals surface area contributed by atoms with Crippen LogP contribution >= 0.6 is 0 Å². The molecule has 0 amide bonds. The van der Waals surface area contributed by atoms with Gasteiger partial charge >= 0.3 is 0 Å². The molecule has 1 aliphatic carbocycles. The van der Waals surface area contributed by atoms with E-state index in [1.54, 1.807) is 48.6 Å². The van der Waals surface area contributed by atoms with E-state index in [0.29, 0.717) is 28.1 Å². The molecule has 2 aromatic rings. The van der Waals surface area contributed by atoms with Gasteiger partial charge in [0, 0.05) is 17.4 Å². The first kappa shape index (κ1) is 15.5. The van der Waals surface area contributed by atoms with Gasteiger partial charge in [0.25, 0.3) is 0 Å². The normalized spacial score (nSPS) is 15.9. The molecule has 1 aliphatic heterocycles. The molecule has 0 bridgehead atoms. The molecule has 0 aromatic heterocycles. The predicted molar refractivity (Wildman–Crippen MR) is 94.3 cm³/mol. The number of Topliss-reactive ketones (excluding diaryl/α,β-unsaturated/α-hetero) is 2. The summed E-state index contributed by atoms with van der Waals surface area (Å²) in [5.74, 6) is -0.707. The predicted octanol–water partition coefficient (Wildman–Crippen LogP) is 2.86. The van der Waals surface area contributed by atoms with Gasteiger partial charge in [0.2, 0.25) is 0 Å². The Labute approximate surface area is 144 Å². The van der Waals surface area contributed by atoms with Crippen molar-refractivity contribution in [1.82, 2.24) is 0 Å². The number of nitrogens with one attached hydrogen (secondary N) is 1. The molecule has 0 saturated carbocycles. The maximum atomic E-state index is 12.6. The second-order valence-electron chi connectivity index (χ2n) is 5.94. The Balaban J connectivity index is 1.89. The molecule has 0 radical (unpaired) electrons. The van der Waals surface area contributed by atoms with E-state index < -0.39 is 9.84 Å². The van der Waals surface area contributed by atoms with Crippen molar-refractivity contribution >= 4 is 33.2 Å². The summed E-state index contributed by atoms with van der Waals surface area (Å²) in [6.07, 6.45) is 4.45. The fourth-order valence-corrected chi connectivity index (χ4v) is 3.99. The number of ketones is 2. The van der Waals surface area contributed by atoms with Crippen LogP contribution in [0, 0.1) is 0 Å². The van der Waals surface area contributed by atoms with Crippen molar-refractivity contribution in [3.8, 4) is 0 Å². The summed E-state index contributed by atoms with van der Waals surface area (Å²) >= 11 is 0. The quantitative estimate of drug-likeness (QED) is 0.631. The topological polar surface area (TPSA) is 80.3 Å². The second kappa shape index (κ2) is 5.26. The number of para-hydroxylation sites is 1. The Kier molecular flexibility index (Phi) is 3.27. The Morgan fingerprint density at radius 1 is 0.840 bits per heavy atom. The highest BCUT2D eigenvalue weighted by Gasteiger charge is 2.35. The minimum atomic E-state index is -3.46. The molecular formula is C19H13NO4S. The molecule has 1 N–H and O–H groups in total. The molecule has 2 aliphatic rings. The number of carbonyl (C=O) groups is 2. The summed E-state index contributed by atoms with van der Waals surface area (Å²) in [6.45, 7) is 0. The zero-order chi connectivity index (χ0) is 17.8. The number of hydrogen-bond acceptors (Lipinski definition) is 5. The third kappa shape index (κ3) is 2.34. The van der Waals surface area contributed by atoms with Gasteiger partial charge in [0.15, 0.2) is 21.4 Å².